The lowest BCUT2D eigenvalue weighted by atomic mass is 10.1. The molecule has 0 saturated heterocycles. The number of alkyl halides is 3. The van der Waals surface area contributed by atoms with E-state index < -0.39 is 11.7 Å². The lowest BCUT2D eigenvalue weighted by Gasteiger charge is -2.26. The number of rotatable bonds is 3. The molecular formula is C12H15F3N2. The Labute approximate surface area is 98.2 Å². The number of nitrogens with two attached hydrogens (primary N) is 1. The molecular weight excluding hydrogens is 229 g/mol. The van der Waals surface area contributed by atoms with E-state index in [0.717, 1.165) is 18.9 Å². The van der Waals surface area contributed by atoms with Gasteiger partial charge in [-0.3, -0.25) is 0 Å². The maximum Gasteiger partial charge on any atom is 0.418 e. The standard InChI is InChI=1S/C12H15F3N2/c1-2-17(9-4-5-9)11-6-3-8(16)7-10(11)12(13,14)15/h3,6-7,9H,2,4-5,16H2,1H3. The summed E-state index contributed by atoms with van der Waals surface area (Å²) in [5, 5.41) is 0. The maximum absolute atomic E-state index is 12.9. The van der Waals surface area contributed by atoms with Gasteiger partial charge in [-0.2, -0.15) is 13.2 Å². The predicted molar refractivity (Wildman–Crippen MR) is 61.9 cm³/mol. The molecule has 5 heteroatoms. The normalized spacial score (nSPS) is 16.0. The third-order valence-corrected chi connectivity index (χ3v) is 2.96. The van der Waals surface area contributed by atoms with Gasteiger partial charge in [0.05, 0.1) is 5.56 Å². The van der Waals surface area contributed by atoms with E-state index in [0.29, 0.717) is 6.54 Å². The van der Waals surface area contributed by atoms with Gasteiger partial charge in [0.1, 0.15) is 0 Å². The van der Waals surface area contributed by atoms with Crippen molar-refractivity contribution in [1.29, 1.82) is 0 Å². The van der Waals surface area contributed by atoms with Crippen LogP contribution in [0.15, 0.2) is 18.2 Å². The highest BCUT2D eigenvalue weighted by molar-refractivity contribution is 5.61. The fourth-order valence-corrected chi connectivity index (χ4v) is 2.04. The summed E-state index contributed by atoms with van der Waals surface area (Å²) in [6.45, 7) is 2.45. The first-order valence-corrected chi connectivity index (χ1v) is 5.67. The van der Waals surface area contributed by atoms with Crippen molar-refractivity contribution in [3.8, 4) is 0 Å². The highest BCUT2D eigenvalue weighted by atomic mass is 19.4. The minimum absolute atomic E-state index is 0.146. The summed E-state index contributed by atoms with van der Waals surface area (Å²) >= 11 is 0. The van der Waals surface area contributed by atoms with E-state index in [-0.39, 0.29) is 17.4 Å². The third kappa shape index (κ3) is 2.48. The summed E-state index contributed by atoms with van der Waals surface area (Å²) in [7, 11) is 0. The average molecular weight is 244 g/mol. The molecule has 0 unspecified atom stereocenters. The molecule has 0 atom stereocenters. The molecule has 1 aromatic carbocycles. The molecule has 0 spiro atoms. The minimum Gasteiger partial charge on any atom is -0.399 e. The van der Waals surface area contributed by atoms with Crippen LogP contribution in [-0.4, -0.2) is 12.6 Å². The Morgan fingerprint density at radius 2 is 2.00 bits per heavy atom. The Kier molecular flexibility index (Phi) is 2.93. The number of hydrogen-bond donors (Lipinski definition) is 1. The number of hydrogen-bond acceptors (Lipinski definition) is 2. The summed E-state index contributed by atoms with van der Waals surface area (Å²) in [4.78, 5) is 1.81. The molecule has 0 bridgehead atoms. The van der Waals surface area contributed by atoms with Crippen molar-refractivity contribution >= 4 is 11.4 Å². The van der Waals surface area contributed by atoms with Crippen LogP contribution in [0.25, 0.3) is 0 Å². The Balaban J connectivity index is 2.44. The largest absolute Gasteiger partial charge is 0.418 e. The zero-order valence-electron chi connectivity index (χ0n) is 9.59. The summed E-state index contributed by atoms with van der Waals surface area (Å²) in [5.74, 6) is 0. The fourth-order valence-electron chi connectivity index (χ4n) is 2.04. The first-order valence-electron chi connectivity index (χ1n) is 5.67. The number of anilines is 2. The molecule has 1 aromatic rings. The topological polar surface area (TPSA) is 29.3 Å². The molecule has 2 rings (SSSR count). The van der Waals surface area contributed by atoms with Crippen LogP contribution in [0.1, 0.15) is 25.3 Å². The van der Waals surface area contributed by atoms with Gasteiger partial charge in [-0.15, -0.1) is 0 Å². The van der Waals surface area contributed by atoms with Crippen LogP contribution in [0.3, 0.4) is 0 Å². The molecule has 0 aliphatic heterocycles. The van der Waals surface area contributed by atoms with Gasteiger partial charge >= 0.3 is 6.18 Å². The van der Waals surface area contributed by atoms with Crippen LogP contribution in [0.2, 0.25) is 0 Å². The van der Waals surface area contributed by atoms with E-state index >= 15 is 0 Å². The highest BCUT2D eigenvalue weighted by Crippen LogP contribution is 2.41. The van der Waals surface area contributed by atoms with E-state index in [9.17, 15) is 13.2 Å². The van der Waals surface area contributed by atoms with Gasteiger partial charge in [0.25, 0.3) is 0 Å². The van der Waals surface area contributed by atoms with E-state index in [1.807, 2.05) is 11.8 Å². The van der Waals surface area contributed by atoms with Gasteiger partial charge in [0.15, 0.2) is 0 Å². The van der Waals surface area contributed by atoms with E-state index in [4.69, 9.17) is 5.73 Å². The molecule has 0 radical (unpaired) electrons. The molecule has 0 amide bonds. The van der Waals surface area contributed by atoms with Crippen molar-refractivity contribution < 1.29 is 13.2 Å². The molecule has 17 heavy (non-hydrogen) atoms. The monoisotopic (exact) mass is 244 g/mol. The second-order valence-electron chi connectivity index (χ2n) is 4.29. The maximum atomic E-state index is 12.9. The van der Waals surface area contributed by atoms with Crippen molar-refractivity contribution in [2.75, 3.05) is 17.2 Å². The highest BCUT2D eigenvalue weighted by Gasteiger charge is 2.38. The molecule has 94 valence electrons. The molecule has 1 saturated carbocycles. The second kappa shape index (κ2) is 4.13. The molecule has 1 fully saturated rings. The van der Waals surface area contributed by atoms with E-state index in [1.165, 1.54) is 12.1 Å². The SMILES string of the molecule is CCN(c1ccc(N)cc1C(F)(F)F)C1CC1. The van der Waals surface area contributed by atoms with Crippen molar-refractivity contribution in [1.82, 2.24) is 0 Å². The lowest BCUT2D eigenvalue weighted by molar-refractivity contribution is -0.137. The van der Waals surface area contributed by atoms with Gasteiger partial charge in [0, 0.05) is 24.0 Å². The number of halogens is 3. The van der Waals surface area contributed by atoms with Gasteiger partial charge in [-0.05, 0) is 38.0 Å². The zero-order valence-corrected chi connectivity index (χ0v) is 9.59. The molecule has 1 aliphatic carbocycles. The Morgan fingerprint density at radius 1 is 1.35 bits per heavy atom. The second-order valence-corrected chi connectivity index (χ2v) is 4.29. The van der Waals surface area contributed by atoms with Crippen molar-refractivity contribution in [3.63, 3.8) is 0 Å². The molecule has 1 aliphatic rings. The Bertz CT molecular complexity index is 411. The quantitative estimate of drug-likeness (QED) is 0.827. The first-order chi connectivity index (χ1) is 7.93. The molecule has 0 aromatic heterocycles. The summed E-state index contributed by atoms with van der Waals surface area (Å²) < 4.78 is 38.8. The summed E-state index contributed by atoms with van der Waals surface area (Å²) in [6.07, 6.45) is -2.42. The zero-order chi connectivity index (χ0) is 12.6. The van der Waals surface area contributed by atoms with Crippen LogP contribution in [0, 0.1) is 0 Å². The number of nitrogen functional groups attached to an aromatic ring is 1. The van der Waals surface area contributed by atoms with Crippen molar-refractivity contribution in [3.05, 3.63) is 23.8 Å². The lowest BCUT2D eigenvalue weighted by Crippen LogP contribution is -2.27. The van der Waals surface area contributed by atoms with Crippen molar-refractivity contribution in [2.24, 2.45) is 0 Å². The number of benzene rings is 1. The molecule has 2 nitrogen and oxygen atoms in total. The van der Waals surface area contributed by atoms with Gasteiger partial charge in [0.2, 0.25) is 0 Å². The van der Waals surface area contributed by atoms with Crippen molar-refractivity contribution in [2.45, 2.75) is 32.0 Å². The summed E-state index contributed by atoms with van der Waals surface area (Å²) in [6, 6.07) is 4.26. The van der Waals surface area contributed by atoms with Crippen LogP contribution >= 0.6 is 0 Å². The van der Waals surface area contributed by atoms with Gasteiger partial charge in [-0.25, -0.2) is 0 Å². The fraction of sp³-hybridized carbons (Fsp3) is 0.500. The van der Waals surface area contributed by atoms with Crippen LogP contribution in [0.5, 0.6) is 0 Å². The minimum atomic E-state index is -4.35. The average Bonchev–Trinajstić information content (AvgIpc) is 3.04. The predicted octanol–water partition coefficient (Wildman–Crippen LogP) is 3.28. The van der Waals surface area contributed by atoms with Crippen LogP contribution < -0.4 is 10.6 Å². The van der Waals surface area contributed by atoms with Crippen LogP contribution in [-0.2, 0) is 6.18 Å². The smallest absolute Gasteiger partial charge is 0.399 e. The van der Waals surface area contributed by atoms with Gasteiger partial charge < -0.3 is 10.6 Å². The first kappa shape index (κ1) is 12.1. The summed E-state index contributed by atoms with van der Waals surface area (Å²) in [5.41, 5.74) is 5.20. The van der Waals surface area contributed by atoms with Crippen LogP contribution in [0.4, 0.5) is 24.5 Å². The van der Waals surface area contributed by atoms with E-state index in [2.05, 4.69) is 0 Å². The molecule has 2 N–H and O–H groups in total. The molecule has 0 heterocycles. The van der Waals surface area contributed by atoms with Gasteiger partial charge in [-0.1, -0.05) is 0 Å². The number of nitrogens with zero attached hydrogens (tertiary/aromatic N) is 1. The van der Waals surface area contributed by atoms with E-state index in [1.54, 1.807) is 0 Å². The Morgan fingerprint density at radius 3 is 2.47 bits per heavy atom. The third-order valence-electron chi connectivity index (χ3n) is 2.96. The Hall–Kier alpha value is -1.39.